The van der Waals surface area contributed by atoms with E-state index in [1.807, 2.05) is 18.2 Å². The second kappa shape index (κ2) is 7.13. The van der Waals surface area contributed by atoms with Gasteiger partial charge in [-0.15, -0.1) is 0 Å². The highest BCUT2D eigenvalue weighted by Gasteiger charge is 2.35. The number of nitrogens with zero attached hydrogens (tertiary/aromatic N) is 3. The number of morpholine rings is 1. The summed E-state index contributed by atoms with van der Waals surface area (Å²) >= 11 is 0. The largest absolute Gasteiger partial charge is 0.492 e. The molecule has 0 amide bonds. The van der Waals surface area contributed by atoms with E-state index in [4.69, 9.17) is 15.2 Å². The Morgan fingerprint density at radius 2 is 2.03 bits per heavy atom. The summed E-state index contributed by atoms with van der Waals surface area (Å²) in [5, 5.41) is 0.226. The number of hydrogen-bond acceptors (Lipinski definition) is 5. The number of nitrogens with one attached hydrogen (secondary N) is 1. The molecule has 30 heavy (non-hydrogen) atoms. The van der Waals surface area contributed by atoms with Crippen molar-refractivity contribution >= 4 is 16.9 Å². The van der Waals surface area contributed by atoms with Crippen molar-refractivity contribution in [3.8, 4) is 11.4 Å². The zero-order chi connectivity index (χ0) is 20.9. The fourth-order valence-corrected chi connectivity index (χ4v) is 4.17. The summed E-state index contributed by atoms with van der Waals surface area (Å²) in [6.45, 7) is 3.67. The molecule has 5 rings (SSSR count). The Morgan fingerprint density at radius 1 is 1.23 bits per heavy atom. The van der Waals surface area contributed by atoms with Crippen LogP contribution in [0.4, 0.5) is 19.0 Å². The molecule has 2 aliphatic heterocycles. The number of H-pyrrole nitrogens is 1. The molecule has 158 valence electrons. The standard InChI is InChI=1S/C20H20F3N5O2/c21-20(22,23)17-9-14-18(24)28(11-25-19(14)26-17)15-2-1-3-16-13(15)8-12(10-30-16)27-4-6-29-7-5-27/h1-3,9,11-12H,4-8,10H2,(H2,24,26)/p+1/t12-/m1/s1. The van der Waals surface area contributed by atoms with E-state index in [-0.39, 0.29) is 22.9 Å². The summed E-state index contributed by atoms with van der Waals surface area (Å²) in [7, 11) is 0. The van der Waals surface area contributed by atoms with Gasteiger partial charge >= 0.3 is 6.18 Å². The van der Waals surface area contributed by atoms with Gasteiger partial charge in [0.05, 0.1) is 13.2 Å². The van der Waals surface area contributed by atoms with Crippen molar-refractivity contribution in [3.05, 3.63) is 41.9 Å². The van der Waals surface area contributed by atoms with Crippen LogP contribution in [0.5, 0.6) is 5.75 Å². The Morgan fingerprint density at radius 3 is 2.80 bits per heavy atom. The number of fused-ring (bicyclic) bond motifs is 2. The van der Waals surface area contributed by atoms with Gasteiger partial charge in [0.1, 0.15) is 29.1 Å². The third-order valence-electron chi connectivity index (χ3n) is 5.74. The second-order valence-corrected chi connectivity index (χ2v) is 7.51. The summed E-state index contributed by atoms with van der Waals surface area (Å²) in [4.78, 5) is 8.81. The third-order valence-corrected chi connectivity index (χ3v) is 5.74. The lowest BCUT2D eigenvalue weighted by atomic mass is 9.99. The minimum Gasteiger partial charge on any atom is -0.492 e. The molecule has 4 heterocycles. The molecular weight excluding hydrogens is 399 g/mol. The molecule has 7 nitrogen and oxygen atoms in total. The lowest BCUT2D eigenvalue weighted by Crippen LogP contribution is -2.49. The SMILES string of the molecule is Nc1c2cc(C(F)(F)F)[nH]c2nc[n+]1-c1cccc2c1C[C@@H](N1CCOCC1)CO2. The average molecular weight is 420 g/mol. The van der Waals surface area contributed by atoms with Gasteiger partial charge in [-0.05, 0) is 24.6 Å². The van der Waals surface area contributed by atoms with E-state index in [2.05, 4.69) is 14.9 Å². The van der Waals surface area contributed by atoms with E-state index in [9.17, 15) is 13.2 Å². The van der Waals surface area contributed by atoms with Gasteiger partial charge < -0.3 is 20.2 Å². The fraction of sp³-hybridized carbons (Fsp3) is 0.400. The maximum absolute atomic E-state index is 13.1. The highest BCUT2D eigenvalue weighted by atomic mass is 19.4. The monoisotopic (exact) mass is 420 g/mol. The number of nitrogens with two attached hydrogens (primary N) is 1. The highest BCUT2D eigenvalue weighted by molar-refractivity contribution is 5.85. The predicted molar refractivity (Wildman–Crippen MR) is 102 cm³/mol. The first-order valence-electron chi connectivity index (χ1n) is 9.75. The summed E-state index contributed by atoms with van der Waals surface area (Å²) in [6, 6.07) is 6.82. The minimum atomic E-state index is -4.50. The average Bonchev–Trinajstić information content (AvgIpc) is 3.20. The van der Waals surface area contributed by atoms with Crippen LogP contribution in [-0.2, 0) is 17.3 Å². The number of hydrogen-bond donors (Lipinski definition) is 2. The molecular formula is C20H21F3N5O2+. The Kier molecular flexibility index (Phi) is 4.55. The van der Waals surface area contributed by atoms with Crippen LogP contribution in [0, 0.1) is 0 Å². The van der Waals surface area contributed by atoms with E-state index in [0.717, 1.165) is 42.6 Å². The van der Waals surface area contributed by atoms with Crippen molar-refractivity contribution in [2.45, 2.75) is 18.6 Å². The van der Waals surface area contributed by atoms with E-state index < -0.39 is 11.9 Å². The molecule has 1 atom stereocenters. The molecule has 0 unspecified atom stereocenters. The molecule has 2 aromatic heterocycles. The van der Waals surface area contributed by atoms with Gasteiger partial charge in [-0.2, -0.15) is 13.2 Å². The first kappa shape index (κ1) is 19.1. The van der Waals surface area contributed by atoms with Crippen molar-refractivity contribution in [3.63, 3.8) is 0 Å². The summed E-state index contributed by atoms with van der Waals surface area (Å²) < 4.78 is 52.4. The van der Waals surface area contributed by atoms with Crippen molar-refractivity contribution in [2.75, 3.05) is 38.6 Å². The molecule has 0 bridgehead atoms. The molecule has 0 spiro atoms. The number of aromatic amines is 1. The van der Waals surface area contributed by atoms with Gasteiger partial charge in [-0.3, -0.25) is 4.90 Å². The predicted octanol–water partition coefficient (Wildman–Crippen LogP) is 2.08. The van der Waals surface area contributed by atoms with Crippen LogP contribution >= 0.6 is 0 Å². The number of anilines is 1. The lowest BCUT2D eigenvalue weighted by Gasteiger charge is -2.37. The molecule has 3 N–H and O–H groups in total. The van der Waals surface area contributed by atoms with E-state index in [1.165, 1.54) is 6.33 Å². The van der Waals surface area contributed by atoms with Gasteiger partial charge in [0.2, 0.25) is 17.8 Å². The van der Waals surface area contributed by atoms with Gasteiger partial charge in [-0.1, -0.05) is 11.1 Å². The number of nitrogen functional groups attached to an aromatic ring is 1. The molecule has 0 radical (unpaired) electrons. The summed E-state index contributed by atoms with van der Waals surface area (Å²) in [5.41, 5.74) is 7.23. The van der Waals surface area contributed by atoms with Gasteiger partial charge in [-0.25, -0.2) is 4.57 Å². The Bertz CT molecular complexity index is 1090. The number of benzene rings is 1. The van der Waals surface area contributed by atoms with E-state index in [0.29, 0.717) is 19.8 Å². The zero-order valence-corrected chi connectivity index (χ0v) is 16.1. The summed E-state index contributed by atoms with van der Waals surface area (Å²) in [6.07, 6.45) is -2.30. The molecule has 1 aromatic carbocycles. The number of halogens is 3. The summed E-state index contributed by atoms with van der Waals surface area (Å²) in [5.74, 6) is 0.947. The third kappa shape index (κ3) is 3.25. The number of alkyl halides is 3. The van der Waals surface area contributed by atoms with Crippen molar-refractivity contribution in [1.82, 2.24) is 14.9 Å². The van der Waals surface area contributed by atoms with Gasteiger partial charge in [0.25, 0.3) is 0 Å². The lowest BCUT2D eigenvalue weighted by molar-refractivity contribution is -0.582. The van der Waals surface area contributed by atoms with Gasteiger partial charge in [0, 0.05) is 24.7 Å². The Hall–Kier alpha value is -2.85. The molecule has 0 saturated carbocycles. The smallest absolute Gasteiger partial charge is 0.431 e. The molecule has 2 aliphatic rings. The van der Waals surface area contributed by atoms with Crippen LogP contribution in [0.15, 0.2) is 30.6 Å². The number of aromatic nitrogens is 3. The molecule has 10 heteroatoms. The van der Waals surface area contributed by atoms with E-state index in [1.54, 1.807) is 4.57 Å². The molecule has 0 aliphatic carbocycles. The fourth-order valence-electron chi connectivity index (χ4n) is 4.17. The molecule has 1 fully saturated rings. The Labute approximate surface area is 170 Å². The molecule has 1 saturated heterocycles. The minimum absolute atomic E-state index is 0.100. The topological polar surface area (TPSA) is 80.3 Å². The normalized spacial score (nSPS) is 20.2. The maximum Gasteiger partial charge on any atom is 0.431 e. The van der Waals surface area contributed by atoms with E-state index >= 15 is 0 Å². The molecule has 3 aromatic rings. The first-order chi connectivity index (χ1) is 14.4. The van der Waals surface area contributed by atoms with Crippen molar-refractivity contribution < 1.29 is 27.2 Å². The van der Waals surface area contributed by atoms with Crippen LogP contribution in [0.3, 0.4) is 0 Å². The number of ether oxygens (including phenoxy) is 2. The van der Waals surface area contributed by atoms with Crippen LogP contribution < -0.4 is 15.0 Å². The van der Waals surface area contributed by atoms with Crippen LogP contribution in [0.1, 0.15) is 11.3 Å². The maximum atomic E-state index is 13.1. The van der Waals surface area contributed by atoms with Crippen LogP contribution in [0.25, 0.3) is 16.7 Å². The van der Waals surface area contributed by atoms with Crippen molar-refractivity contribution in [1.29, 1.82) is 0 Å². The highest BCUT2D eigenvalue weighted by Crippen LogP contribution is 2.33. The Balaban J connectivity index is 1.55. The second-order valence-electron chi connectivity index (χ2n) is 7.51. The quantitative estimate of drug-likeness (QED) is 0.621. The first-order valence-corrected chi connectivity index (χ1v) is 9.75. The van der Waals surface area contributed by atoms with Gasteiger partial charge in [0.15, 0.2) is 0 Å². The van der Waals surface area contributed by atoms with Crippen LogP contribution in [-0.4, -0.2) is 53.8 Å². The number of rotatable bonds is 2. The van der Waals surface area contributed by atoms with Crippen molar-refractivity contribution in [2.24, 2.45) is 0 Å². The zero-order valence-electron chi connectivity index (χ0n) is 16.1. The van der Waals surface area contributed by atoms with Crippen LogP contribution in [0.2, 0.25) is 0 Å².